The minimum atomic E-state index is -0.237. The van der Waals surface area contributed by atoms with Gasteiger partial charge < -0.3 is 10.1 Å². The molecular formula is C13H21NO2. The molecule has 90 valence electrons. The van der Waals surface area contributed by atoms with E-state index < -0.39 is 0 Å². The van der Waals surface area contributed by atoms with Gasteiger partial charge in [-0.2, -0.15) is 0 Å². The number of carbonyl (C=O) groups excluding carboxylic acids is 1. The van der Waals surface area contributed by atoms with Crippen LogP contribution in [0.4, 0.5) is 0 Å². The van der Waals surface area contributed by atoms with Crippen LogP contribution in [0, 0.1) is 11.8 Å². The standard InChI is InChI=1S/C13H21NO2/c1-2-16-12(15)4-3-9-14-13(10-5-6-10)11-7-8-11/h3-4,10-11,13-14H,2,5-9H2,1H3/b4-3+. The summed E-state index contributed by atoms with van der Waals surface area (Å²) in [7, 11) is 0. The molecule has 3 heteroatoms. The number of carbonyl (C=O) groups is 1. The van der Waals surface area contributed by atoms with Crippen LogP contribution >= 0.6 is 0 Å². The molecule has 0 aromatic rings. The first-order valence-electron chi connectivity index (χ1n) is 6.38. The molecule has 0 bridgehead atoms. The van der Waals surface area contributed by atoms with Crippen LogP contribution < -0.4 is 5.32 Å². The number of hydrogen-bond donors (Lipinski definition) is 1. The van der Waals surface area contributed by atoms with Gasteiger partial charge in [0.2, 0.25) is 0 Å². The van der Waals surface area contributed by atoms with Crippen LogP contribution in [0.15, 0.2) is 12.2 Å². The molecule has 16 heavy (non-hydrogen) atoms. The molecule has 2 rings (SSSR count). The molecule has 3 nitrogen and oxygen atoms in total. The predicted molar refractivity (Wildman–Crippen MR) is 63.0 cm³/mol. The molecule has 0 aromatic heterocycles. The summed E-state index contributed by atoms with van der Waals surface area (Å²) in [6.07, 6.45) is 8.93. The van der Waals surface area contributed by atoms with Crippen molar-refractivity contribution in [3.05, 3.63) is 12.2 Å². The van der Waals surface area contributed by atoms with Crippen LogP contribution in [0.25, 0.3) is 0 Å². The molecule has 2 fully saturated rings. The summed E-state index contributed by atoms with van der Waals surface area (Å²) in [5.74, 6) is 1.57. The van der Waals surface area contributed by atoms with Crippen molar-refractivity contribution in [3.63, 3.8) is 0 Å². The van der Waals surface area contributed by atoms with Crippen molar-refractivity contribution < 1.29 is 9.53 Å². The number of nitrogens with one attached hydrogen (secondary N) is 1. The van der Waals surface area contributed by atoms with Crippen LogP contribution in [0.1, 0.15) is 32.6 Å². The van der Waals surface area contributed by atoms with E-state index in [2.05, 4.69) is 5.32 Å². The van der Waals surface area contributed by atoms with Crippen molar-refractivity contribution in [2.45, 2.75) is 38.6 Å². The zero-order chi connectivity index (χ0) is 11.4. The molecular weight excluding hydrogens is 202 g/mol. The second-order valence-corrected chi connectivity index (χ2v) is 4.76. The molecule has 0 saturated heterocycles. The van der Waals surface area contributed by atoms with E-state index in [0.717, 1.165) is 18.4 Å². The average molecular weight is 223 g/mol. The number of ether oxygens (including phenoxy) is 1. The largest absolute Gasteiger partial charge is 0.463 e. The summed E-state index contributed by atoms with van der Waals surface area (Å²) in [4.78, 5) is 11.0. The van der Waals surface area contributed by atoms with Gasteiger partial charge in [0.1, 0.15) is 0 Å². The van der Waals surface area contributed by atoms with Gasteiger partial charge in [-0.15, -0.1) is 0 Å². The molecule has 2 aliphatic carbocycles. The smallest absolute Gasteiger partial charge is 0.330 e. The van der Waals surface area contributed by atoms with E-state index in [1.807, 2.05) is 13.0 Å². The molecule has 0 atom stereocenters. The Morgan fingerprint density at radius 1 is 1.38 bits per heavy atom. The van der Waals surface area contributed by atoms with E-state index in [1.165, 1.54) is 31.8 Å². The third-order valence-corrected chi connectivity index (χ3v) is 3.27. The summed E-state index contributed by atoms with van der Waals surface area (Å²) in [5.41, 5.74) is 0. The van der Waals surface area contributed by atoms with Crippen LogP contribution in [0.5, 0.6) is 0 Å². The van der Waals surface area contributed by atoms with Gasteiger partial charge in [0.15, 0.2) is 0 Å². The minimum Gasteiger partial charge on any atom is -0.463 e. The second-order valence-electron chi connectivity index (χ2n) is 4.76. The monoisotopic (exact) mass is 223 g/mol. The topological polar surface area (TPSA) is 38.3 Å². The van der Waals surface area contributed by atoms with E-state index >= 15 is 0 Å². The van der Waals surface area contributed by atoms with Crippen molar-refractivity contribution in [2.75, 3.05) is 13.2 Å². The first kappa shape index (κ1) is 11.6. The number of esters is 1. The highest BCUT2D eigenvalue weighted by Crippen LogP contribution is 2.44. The van der Waals surface area contributed by atoms with E-state index in [1.54, 1.807) is 0 Å². The summed E-state index contributed by atoms with van der Waals surface area (Å²) in [6, 6.07) is 0.701. The van der Waals surface area contributed by atoms with Crippen LogP contribution in [0.2, 0.25) is 0 Å². The van der Waals surface area contributed by atoms with Gasteiger partial charge in [0.05, 0.1) is 6.61 Å². The normalized spacial score (nSPS) is 20.6. The van der Waals surface area contributed by atoms with E-state index in [-0.39, 0.29) is 5.97 Å². The molecule has 0 radical (unpaired) electrons. The zero-order valence-electron chi connectivity index (χ0n) is 9.95. The molecule has 0 amide bonds. The third-order valence-electron chi connectivity index (χ3n) is 3.27. The summed E-state index contributed by atoms with van der Waals surface area (Å²) in [5, 5.41) is 3.55. The van der Waals surface area contributed by atoms with Crippen molar-refractivity contribution in [1.29, 1.82) is 0 Å². The van der Waals surface area contributed by atoms with E-state index in [9.17, 15) is 4.79 Å². The Kier molecular flexibility index (Phi) is 3.99. The third kappa shape index (κ3) is 3.63. The fraction of sp³-hybridized carbons (Fsp3) is 0.769. The predicted octanol–water partition coefficient (Wildman–Crippen LogP) is 1.88. The van der Waals surface area contributed by atoms with Crippen molar-refractivity contribution in [3.8, 4) is 0 Å². The molecule has 0 spiro atoms. The molecule has 2 aliphatic rings. The van der Waals surface area contributed by atoms with Crippen molar-refractivity contribution >= 4 is 5.97 Å². The van der Waals surface area contributed by atoms with E-state index in [0.29, 0.717) is 12.6 Å². The van der Waals surface area contributed by atoms with Gasteiger partial charge in [-0.25, -0.2) is 4.79 Å². The maximum Gasteiger partial charge on any atom is 0.330 e. The van der Waals surface area contributed by atoms with E-state index in [4.69, 9.17) is 4.74 Å². The quantitative estimate of drug-likeness (QED) is 0.529. The molecule has 0 unspecified atom stereocenters. The summed E-state index contributed by atoms with van der Waals surface area (Å²) in [6.45, 7) is 3.06. The minimum absolute atomic E-state index is 0.237. The SMILES string of the molecule is CCOC(=O)/C=C/CNC(C1CC1)C1CC1. The fourth-order valence-electron chi connectivity index (χ4n) is 2.18. The highest BCUT2D eigenvalue weighted by Gasteiger charge is 2.40. The maximum atomic E-state index is 11.0. The highest BCUT2D eigenvalue weighted by molar-refractivity contribution is 5.81. The number of hydrogen-bond acceptors (Lipinski definition) is 3. The lowest BCUT2D eigenvalue weighted by molar-refractivity contribution is -0.137. The lowest BCUT2D eigenvalue weighted by atomic mass is 10.1. The van der Waals surface area contributed by atoms with Gasteiger partial charge in [0, 0.05) is 18.7 Å². The Hall–Kier alpha value is -0.830. The Bertz CT molecular complexity index is 255. The van der Waals surface area contributed by atoms with Crippen LogP contribution in [-0.4, -0.2) is 25.2 Å². The molecule has 0 heterocycles. The Balaban J connectivity index is 1.63. The maximum absolute atomic E-state index is 11.0. The highest BCUT2D eigenvalue weighted by atomic mass is 16.5. The average Bonchev–Trinajstić information content (AvgIpc) is 3.12. The fourth-order valence-corrected chi connectivity index (χ4v) is 2.18. The Morgan fingerprint density at radius 2 is 2.00 bits per heavy atom. The molecule has 0 aliphatic heterocycles. The van der Waals surface area contributed by atoms with Crippen LogP contribution in [0.3, 0.4) is 0 Å². The number of rotatable bonds is 7. The Morgan fingerprint density at radius 3 is 2.50 bits per heavy atom. The van der Waals surface area contributed by atoms with Gasteiger partial charge in [-0.3, -0.25) is 0 Å². The Labute approximate surface area is 97.2 Å². The van der Waals surface area contributed by atoms with Gasteiger partial charge >= 0.3 is 5.97 Å². The van der Waals surface area contributed by atoms with Gasteiger partial charge in [0.25, 0.3) is 0 Å². The molecule has 2 saturated carbocycles. The second kappa shape index (κ2) is 5.48. The van der Waals surface area contributed by atoms with Gasteiger partial charge in [-0.05, 0) is 44.4 Å². The zero-order valence-corrected chi connectivity index (χ0v) is 9.95. The lowest BCUT2D eigenvalue weighted by Gasteiger charge is -2.15. The van der Waals surface area contributed by atoms with Crippen molar-refractivity contribution in [2.24, 2.45) is 11.8 Å². The van der Waals surface area contributed by atoms with Gasteiger partial charge in [-0.1, -0.05) is 6.08 Å². The van der Waals surface area contributed by atoms with Crippen molar-refractivity contribution in [1.82, 2.24) is 5.32 Å². The molecule has 0 aromatic carbocycles. The molecule has 1 N–H and O–H groups in total. The summed E-state index contributed by atoms with van der Waals surface area (Å²) >= 11 is 0. The van der Waals surface area contributed by atoms with Crippen LogP contribution in [-0.2, 0) is 9.53 Å². The summed E-state index contributed by atoms with van der Waals surface area (Å²) < 4.78 is 4.81. The first-order chi connectivity index (χ1) is 7.81. The lowest BCUT2D eigenvalue weighted by Crippen LogP contribution is -2.33. The first-order valence-corrected chi connectivity index (χ1v) is 6.38.